The first-order valence-corrected chi connectivity index (χ1v) is 12.6. The molecule has 0 saturated heterocycles. The summed E-state index contributed by atoms with van der Waals surface area (Å²) in [5, 5.41) is 8.85. The van der Waals surface area contributed by atoms with Crippen LogP contribution in [0.3, 0.4) is 0 Å². The van der Waals surface area contributed by atoms with Gasteiger partial charge in [0.25, 0.3) is 10.1 Å². The van der Waals surface area contributed by atoms with E-state index in [0.717, 1.165) is 38.6 Å². The number of pyridine rings is 1. The van der Waals surface area contributed by atoms with Gasteiger partial charge in [0.1, 0.15) is 4.90 Å². The number of nitrogens with zero attached hydrogens (tertiary/aromatic N) is 2. The molecule has 0 saturated carbocycles. The van der Waals surface area contributed by atoms with E-state index in [9.17, 15) is 13.0 Å². The van der Waals surface area contributed by atoms with Crippen molar-refractivity contribution in [2.75, 3.05) is 18.4 Å². The van der Waals surface area contributed by atoms with Gasteiger partial charge < -0.3 is 11.1 Å². The molecule has 176 valence electrons. The third-order valence-corrected chi connectivity index (χ3v) is 6.33. The second kappa shape index (κ2) is 10.7. The van der Waals surface area contributed by atoms with Gasteiger partial charge in [0.2, 0.25) is 0 Å². The minimum Gasteiger partial charge on any atom is -0.383 e. The van der Waals surface area contributed by atoms with Crippen LogP contribution in [0.15, 0.2) is 94.8 Å². The zero-order chi connectivity index (χ0) is 24.8. The molecule has 0 radical (unpaired) electrons. The number of thiocarbonyl (C=S) groups is 1. The summed E-state index contributed by atoms with van der Waals surface area (Å²) < 4.78 is 31.8. The molecule has 0 unspecified atom stereocenters. The second-order valence-electron chi connectivity index (χ2n) is 7.58. The fourth-order valence-electron chi connectivity index (χ4n) is 3.80. The number of isothiocyanates is 1. The molecule has 0 aliphatic rings. The summed E-state index contributed by atoms with van der Waals surface area (Å²) in [5.41, 5.74) is 8.95. The van der Waals surface area contributed by atoms with Crippen molar-refractivity contribution in [2.24, 2.45) is 10.7 Å². The number of hydrogen-bond acceptors (Lipinski definition) is 7. The monoisotopic (exact) mass is 502 g/mol. The lowest BCUT2D eigenvalue weighted by Gasteiger charge is -2.10. The number of benzene rings is 4. The second-order valence-corrected chi connectivity index (χ2v) is 9.15. The predicted molar refractivity (Wildman–Crippen MR) is 145 cm³/mol. The van der Waals surface area contributed by atoms with E-state index in [1.54, 1.807) is 24.3 Å². The van der Waals surface area contributed by atoms with Gasteiger partial charge in [-0.25, -0.2) is 4.98 Å². The Bertz CT molecular complexity index is 1680. The summed E-state index contributed by atoms with van der Waals surface area (Å²) in [5.74, 6) is 0. The number of aromatic nitrogens is 1. The van der Waals surface area contributed by atoms with Crippen molar-refractivity contribution >= 4 is 71.5 Å². The van der Waals surface area contributed by atoms with Crippen LogP contribution in [0.1, 0.15) is 0 Å². The fraction of sp³-hybridized carbons (Fsp3) is 0.0769. The van der Waals surface area contributed by atoms with E-state index in [1.807, 2.05) is 48.5 Å². The molecule has 0 fully saturated rings. The first-order valence-electron chi connectivity index (χ1n) is 10.7. The molecule has 0 aliphatic carbocycles. The van der Waals surface area contributed by atoms with Crippen molar-refractivity contribution in [3.8, 4) is 0 Å². The lowest BCUT2D eigenvalue weighted by molar-refractivity contribution is 0.484. The van der Waals surface area contributed by atoms with E-state index in [1.165, 1.54) is 6.07 Å². The normalized spacial score (nSPS) is 11.0. The van der Waals surface area contributed by atoms with Gasteiger partial charge in [0.05, 0.1) is 21.9 Å². The average molecular weight is 503 g/mol. The largest absolute Gasteiger partial charge is 0.383 e. The average Bonchev–Trinajstić information content (AvgIpc) is 2.86. The zero-order valence-electron chi connectivity index (χ0n) is 18.5. The molecule has 0 spiro atoms. The van der Waals surface area contributed by atoms with Gasteiger partial charge in [0, 0.05) is 40.3 Å². The van der Waals surface area contributed by atoms with Crippen molar-refractivity contribution in [3.63, 3.8) is 0 Å². The zero-order valence-corrected chi connectivity index (χ0v) is 20.2. The molecule has 0 amide bonds. The molecule has 0 atom stereocenters. The molecule has 1 aromatic heterocycles. The standard InChI is InChI=1S/C14H8N2S.C12H14N2O3S/c17-9-15-13-6-3-7-14-11(13)8-10-4-1-2-5-12(10)16-14;13-7-8-14-11-5-1-4-10-9(11)3-2-6-12(10)18(15,16)17/h1-8H;1-6,14H,7-8,13H2,(H,15,16,17). The maximum absolute atomic E-state index is 11.3. The van der Waals surface area contributed by atoms with Crippen molar-refractivity contribution in [3.05, 3.63) is 84.9 Å². The predicted octanol–water partition coefficient (Wildman–Crippen LogP) is 5.58. The molecule has 0 aliphatic heterocycles. The van der Waals surface area contributed by atoms with Crippen LogP contribution >= 0.6 is 12.2 Å². The lowest BCUT2D eigenvalue weighted by Crippen LogP contribution is -2.13. The Morgan fingerprint density at radius 1 is 0.914 bits per heavy atom. The van der Waals surface area contributed by atoms with Gasteiger partial charge in [-0.05, 0) is 48.6 Å². The highest BCUT2D eigenvalue weighted by molar-refractivity contribution is 7.86. The van der Waals surface area contributed by atoms with Crippen molar-refractivity contribution in [2.45, 2.75) is 4.90 Å². The maximum atomic E-state index is 11.3. The number of aliphatic imine (C=N–C) groups is 1. The molecule has 0 bridgehead atoms. The smallest absolute Gasteiger partial charge is 0.295 e. The van der Waals surface area contributed by atoms with Gasteiger partial charge >= 0.3 is 0 Å². The number of nitrogens with one attached hydrogen (secondary N) is 1. The summed E-state index contributed by atoms with van der Waals surface area (Å²) in [6, 6.07) is 25.9. The van der Waals surface area contributed by atoms with Crippen LogP contribution in [0, 0.1) is 0 Å². The summed E-state index contributed by atoms with van der Waals surface area (Å²) in [6.45, 7) is 1.07. The van der Waals surface area contributed by atoms with Crippen molar-refractivity contribution in [1.82, 2.24) is 4.98 Å². The first kappa shape index (κ1) is 24.4. The summed E-state index contributed by atoms with van der Waals surface area (Å²) in [4.78, 5) is 8.58. The SMILES string of the molecule is NCCNc1cccc2c(S(=O)(=O)O)cccc12.S=C=Nc1cccc2nc3ccccc3cc12. The number of fused-ring (bicyclic) bond motifs is 3. The summed E-state index contributed by atoms with van der Waals surface area (Å²) >= 11 is 4.66. The molecule has 5 rings (SSSR count). The Labute approximate surface area is 208 Å². The number of rotatable bonds is 5. The maximum Gasteiger partial charge on any atom is 0.295 e. The number of para-hydroxylation sites is 1. The van der Waals surface area contributed by atoms with Crippen LogP contribution in [0.25, 0.3) is 32.6 Å². The van der Waals surface area contributed by atoms with Crippen LogP contribution < -0.4 is 11.1 Å². The minimum atomic E-state index is -4.22. The van der Waals surface area contributed by atoms with Crippen LogP contribution in [0.4, 0.5) is 11.4 Å². The molecule has 4 N–H and O–H groups in total. The highest BCUT2D eigenvalue weighted by atomic mass is 32.2. The molecule has 35 heavy (non-hydrogen) atoms. The Morgan fingerprint density at radius 2 is 1.63 bits per heavy atom. The minimum absolute atomic E-state index is 0.0867. The third kappa shape index (κ3) is 5.51. The Balaban J connectivity index is 0.000000165. The van der Waals surface area contributed by atoms with Gasteiger partial charge in [-0.1, -0.05) is 48.5 Å². The highest BCUT2D eigenvalue weighted by Crippen LogP contribution is 2.29. The van der Waals surface area contributed by atoms with Crippen LogP contribution in [0.5, 0.6) is 0 Å². The summed E-state index contributed by atoms with van der Waals surface area (Å²) in [6.07, 6.45) is 0. The van der Waals surface area contributed by atoms with E-state index in [-0.39, 0.29) is 4.90 Å². The van der Waals surface area contributed by atoms with Gasteiger partial charge in [0.15, 0.2) is 0 Å². The highest BCUT2D eigenvalue weighted by Gasteiger charge is 2.14. The van der Waals surface area contributed by atoms with Gasteiger partial charge in [-0.2, -0.15) is 13.4 Å². The topological polar surface area (TPSA) is 118 Å². The molecule has 7 nitrogen and oxygen atoms in total. The molecular weight excluding hydrogens is 480 g/mol. The van der Waals surface area contributed by atoms with E-state index < -0.39 is 10.1 Å². The van der Waals surface area contributed by atoms with E-state index in [0.29, 0.717) is 18.5 Å². The first-order chi connectivity index (χ1) is 16.9. The molecule has 5 aromatic rings. The number of hydrogen-bond donors (Lipinski definition) is 3. The fourth-order valence-corrected chi connectivity index (χ4v) is 4.60. The van der Waals surface area contributed by atoms with Crippen molar-refractivity contribution in [1.29, 1.82) is 0 Å². The Hall–Kier alpha value is -3.72. The van der Waals surface area contributed by atoms with Crippen LogP contribution in [-0.2, 0) is 10.1 Å². The Kier molecular flexibility index (Phi) is 7.45. The molecule has 4 aromatic carbocycles. The van der Waals surface area contributed by atoms with E-state index >= 15 is 0 Å². The van der Waals surface area contributed by atoms with Crippen molar-refractivity contribution < 1.29 is 13.0 Å². The third-order valence-electron chi connectivity index (χ3n) is 5.32. The number of nitrogens with two attached hydrogens (primary N) is 1. The van der Waals surface area contributed by atoms with Gasteiger partial charge in [-0.3, -0.25) is 4.55 Å². The number of anilines is 1. The van der Waals surface area contributed by atoms with Crippen LogP contribution in [0.2, 0.25) is 0 Å². The molecule has 1 heterocycles. The van der Waals surface area contributed by atoms with E-state index in [2.05, 4.69) is 38.7 Å². The quantitative estimate of drug-likeness (QED) is 0.124. The van der Waals surface area contributed by atoms with Gasteiger partial charge in [-0.15, -0.1) is 0 Å². The summed E-state index contributed by atoms with van der Waals surface area (Å²) in [7, 11) is -4.22. The Morgan fingerprint density at radius 3 is 2.40 bits per heavy atom. The van der Waals surface area contributed by atoms with Crippen LogP contribution in [-0.4, -0.2) is 36.2 Å². The lowest BCUT2D eigenvalue weighted by atomic mass is 10.1. The molecular formula is C26H22N4O3S2. The van der Waals surface area contributed by atoms with E-state index in [4.69, 9.17) is 5.73 Å². The molecule has 9 heteroatoms.